The third-order valence-electron chi connectivity index (χ3n) is 0. The second-order valence-electron chi connectivity index (χ2n) is 0.238. The van der Waals surface area contributed by atoms with Gasteiger partial charge in [-0.2, -0.15) is 0 Å². The van der Waals surface area contributed by atoms with Gasteiger partial charge < -0.3 is 0 Å². The van der Waals surface area contributed by atoms with Crippen LogP contribution in [-0.2, 0) is 4.57 Å². The van der Waals surface area contributed by atoms with Crippen LogP contribution in [0.4, 0.5) is 0 Å². The Bertz CT molecular complexity index is 29.0. The molecule has 0 saturated carbocycles. The van der Waals surface area contributed by atoms with E-state index in [4.69, 9.17) is 9.46 Å². The molecule has 0 aliphatic carbocycles. The van der Waals surface area contributed by atoms with Gasteiger partial charge in [0.15, 0.2) is 0 Å². The molecule has 1 radical (unpaired) electrons. The van der Waals surface area contributed by atoms with Crippen molar-refractivity contribution >= 4 is 22.3 Å². The maximum atomic E-state index is 9.09. The van der Waals surface area contributed by atoms with Crippen LogP contribution in [0.2, 0.25) is 0 Å². The predicted octanol–water partition coefficient (Wildman–Crippen LogP) is -0.195. The Kier molecular flexibility index (Phi) is 2.13. The van der Waals surface area contributed by atoms with E-state index < -0.39 is 6.72 Å². The molecular weight excluding hydrogens is 142 g/mol. The first-order valence-electron chi connectivity index (χ1n) is 0.565. The Balaban J connectivity index is 2.80. The fraction of sp³-hybridized carbons (Fsp3) is 0. The molecule has 0 bridgehead atoms. The van der Waals surface area contributed by atoms with E-state index in [1.807, 2.05) is 15.6 Å². The van der Waals surface area contributed by atoms with Crippen molar-refractivity contribution in [3.63, 3.8) is 0 Å². The Morgan fingerprint density at radius 2 is 2.00 bits per heavy atom. The van der Waals surface area contributed by atoms with E-state index in [0.29, 0.717) is 0 Å². The summed E-state index contributed by atoms with van der Waals surface area (Å²) < 4.78 is 9.09. The summed E-state index contributed by atoms with van der Waals surface area (Å²) in [6.45, 7) is -2.00. The van der Waals surface area contributed by atoms with Gasteiger partial charge in [0.05, 0.1) is 0 Å². The summed E-state index contributed by atoms with van der Waals surface area (Å²) in [5, 5.41) is 0. The van der Waals surface area contributed by atoms with Crippen molar-refractivity contribution in [2.75, 3.05) is 0 Å². The molecule has 1 atom stereocenters. The Hall–Kier alpha value is 0.579. The topological polar surface area (TPSA) is 37.3 Å². The molecule has 0 aliphatic heterocycles. The van der Waals surface area contributed by atoms with Gasteiger partial charge in [0.1, 0.15) is 0 Å². The van der Waals surface area contributed by atoms with E-state index in [2.05, 4.69) is 0 Å². The monoisotopic (exact) mass is 144 g/mol. The van der Waals surface area contributed by atoms with E-state index in [-0.39, 0.29) is 0 Å². The van der Waals surface area contributed by atoms with E-state index in [1.165, 1.54) is 0 Å². The summed E-state index contributed by atoms with van der Waals surface area (Å²) in [4.78, 5) is 7.51. The van der Waals surface area contributed by atoms with Crippen molar-refractivity contribution in [3.05, 3.63) is 0 Å². The standard InChI is InChI=1S/HO2PSe/c1-3(2)4/h(H,1,2)/q+1. The molecule has 0 heterocycles. The molecule has 23 valence electrons. The fourth-order valence-electron chi connectivity index (χ4n) is 0. The molecule has 0 spiro atoms. The Morgan fingerprint density at radius 1 is 2.00 bits per heavy atom. The molecule has 0 saturated heterocycles. The van der Waals surface area contributed by atoms with Crippen LogP contribution in [0.1, 0.15) is 0 Å². The normalized spacial score (nSPS) is 11.0. The van der Waals surface area contributed by atoms with Crippen LogP contribution in [-0.4, -0.2) is 20.5 Å². The van der Waals surface area contributed by atoms with Crippen LogP contribution in [0.5, 0.6) is 0 Å². The first-order chi connectivity index (χ1) is 1.73. The zero-order valence-electron chi connectivity index (χ0n) is 1.71. The predicted molar refractivity (Wildman–Crippen MR) is 15.6 cm³/mol. The van der Waals surface area contributed by atoms with Crippen molar-refractivity contribution in [1.82, 2.24) is 0 Å². The van der Waals surface area contributed by atoms with Gasteiger partial charge in [-0.05, 0) is 0 Å². The average Bonchev–Trinajstić information content (AvgIpc) is 0.811. The Morgan fingerprint density at radius 3 is 2.00 bits per heavy atom. The first kappa shape index (κ1) is 4.58. The summed E-state index contributed by atoms with van der Waals surface area (Å²) in [6, 6.07) is 0. The van der Waals surface area contributed by atoms with Crippen molar-refractivity contribution in [2.24, 2.45) is 0 Å². The zero-order valence-corrected chi connectivity index (χ0v) is 4.32. The van der Waals surface area contributed by atoms with Crippen molar-refractivity contribution in [3.8, 4) is 0 Å². The quantitative estimate of drug-likeness (QED) is 0.376. The first-order valence-corrected chi connectivity index (χ1v) is 3.99. The summed E-state index contributed by atoms with van der Waals surface area (Å²) in [5.41, 5.74) is 0. The minimum absolute atomic E-state index is 1.97. The Labute approximate surface area is 32.5 Å². The van der Waals surface area contributed by atoms with Crippen LogP contribution in [0.3, 0.4) is 0 Å². The van der Waals surface area contributed by atoms with Crippen molar-refractivity contribution in [1.29, 1.82) is 0 Å². The van der Waals surface area contributed by atoms with Crippen molar-refractivity contribution in [2.45, 2.75) is 0 Å². The molecule has 0 aliphatic rings. The SMILES string of the molecule is O=[P+](O)[Se]. The molecule has 0 aromatic rings. The van der Waals surface area contributed by atoms with Gasteiger partial charge in [0, 0.05) is 0 Å². The van der Waals surface area contributed by atoms with Gasteiger partial charge in [0.2, 0.25) is 0 Å². The molecule has 0 rings (SSSR count). The van der Waals surface area contributed by atoms with Crippen LogP contribution < -0.4 is 0 Å². The number of rotatable bonds is 0. The van der Waals surface area contributed by atoms with Crippen LogP contribution >= 0.6 is 6.72 Å². The van der Waals surface area contributed by atoms with Gasteiger partial charge in [-0.15, -0.1) is 0 Å². The van der Waals surface area contributed by atoms with Gasteiger partial charge >= 0.3 is 31.7 Å². The summed E-state index contributed by atoms with van der Waals surface area (Å²) >= 11 is 1.97. The van der Waals surface area contributed by atoms with Gasteiger partial charge in [-0.1, -0.05) is 0 Å². The molecule has 0 fully saturated rings. The molecule has 0 aromatic heterocycles. The minimum atomic E-state index is -2.00. The average molecular weight is 143 g/mol. The van der Waals surface area contributed by atoms with Gasteiger partial charge in [0.25, 0.3) is 0 Å². The second kappa shape index (κ2) is 1.86. The van der Waals surface area contributed by atoms with Crippen LogP contribution in [0, 0.1) is 0 Å². The fourth-order valence-corrected chi connectivity index (χ4v) is 0. The summed E-state index contributed by atoms with van der Waals surface area (Å²) in [5.74, 6) is 0. The van der Waals surface area contributed by atoms with Crippen LogP contribution in [0.25, 0.3) is 0 Å². The molecule has 1 unspecified atom stereocenters. The summed E-state index contributed by atoms with van der Waals surface area (Å²) in [6.07, 6.45) is 0. The molecule has 4 heavy (non-hydrogen) atoms. The second-order valence-corrected chi connectivity index (χ2v) is 2.68. The van der Waals surface area contributed by atoms with E-state index in [9.17, 15) is 0 Å². The van der Waals surface area contributed by atoms with E-state index >= 15 is 0 Å². The molecule has 0 aromatic carbocycles. The van der Waals surface area contributed by atoms with Crippen LogP contribution in [0.15, 0.2) is 0 Å². The molecule has 2 nitrogen and oxygen atoms in total. The van der Waals surface area contributed by atoms with E-state index in [0.717, 1.165) is 0 Å². The number of hydrogen-bond acceptors (Lipinski definition) is 1. The zero-order chi connectivity index (χ0) is 3.58. The third-order valence-corrected chi connectivity index (χ3v) is 0. The van der Waals surface area contributed by atoms with Gasteiger partial charge in [-0.3, -0.25) is 0 Å². The van der Waals surface area contributed by atoms with Gasteiger partial charge in [-0.25, -0.2) is 0 Å². The molecular formula is HO2PSe+. The van der Waals surface area contributed by atoms with E-state index in [1.54, 1.807) is 0 Å². The third kappa shape index (κ3) is 19.2. The molecule has 0 amide bonds. The molecule has 4 heteroatoms. The number of hydrogen-bond donors (Lipinski definition) is 1. The maximum absolute atomic E-state index is 9.09. The van der Waals surface area contributed by atoms with Crippen molar-refractivity contribution < 1.29 is 9.46 Å². The molecule has 1 N–H and O–H groups in total. The summed E-state index contributed by atoms with van der Waals surface area (Å²) in [7, 11) is 0.